The van der Waals surface area contributed by atoms with E-state index in [-0.39, 0.29) is 11.6 Å². The molecule has 1 N–H and O–H groups in total. The minimum Gasteiger partial charge on any atom is -0.349 e. The van der Waals surface area contributed by atoms with Crippen LogP contribution in [0.5, 0.6) is 0 Å². The maximum Gasteiger partial charge on any atom is 0.416 e. The summed E-state index contributed by atoms with van der Waals surface area (Å²) in [6, 6.07) is 3.33. The first-order valence-corrected chi connectivity index (χ1v) is 6.63. The minimum absolute atomic E-state index is 0.0947. The highest BCUT2D eigenvalue weighted by atomic mass is 127. The maximum atomic E-state index is 12.6. The molecule has 0 atom stereocenters. The van der Waals surface area contributed by atoms with E-state index in [1.165, 1.54) is 6.07 Å². The van der Waals surface area contributed by atoms with Crippen LogP contribution in [-0.2, 0) is 6.18 Å². The molecule has 0 saturated heterocycles. The maximum absolute atomic E-state index is 12.6. The van der Waals surface area contributed by atoms with Crippen LogP contribution in [0.2, 0.25) is 0 Å². The van der Waals surface area contributed by atoms with Crippen molar-refractivity contribution in [1.82, 2.24) is 5.32 Å². The number of carbonyl (C=O) groups excluding carboxylic acids is 1. The van der Waals surface area contributed by atoms with Crippen molar-refractivity contribution in [3.05, 3.63) is 32.9 Å². The average molecular weight is 369 g/mol. The smallest absolute Gasteiger partial charge is 0.349 e. The van der Waals surface area contributed by atoms with Crippen LogP contribution in [0.1, 0.15) is 35.2 Å². The summed E-state index contributed by atoms with van der Waals surface area (Å²) in [6.07, 6.45) is -1.55. The van der Waals surface area contributed by atoms with E-state index in [1.807, 2.05) is 22.6 Å². The zero-order chi connectivity index (χ0) is 13.3. The summed E-state index contributed by atoms with van der Waals surface area (Å²) in [5.74, 6) is -0.421. The van der Waals surface area contributed by atoms with Gasteiger partial charge < -0.3 is 5.32 Å². The summed E-state index contributed by atoms with van der Waals surface area (Å²) in [6.45, 7) is 0. The van der Waals surface area contributed by atoms with E-state index in [9.17, 15) is 18.0 Å². The number of benzene rings is 1. The van der Waals surface area contributed by atoms with Crippen molar-refractivity contribution in [3.8, 4) is 0 Å². The van der Waals surface area contributed by atoms with Crippen molar-refractivity contribution in [3.63, 3.8) is 0 Å². The Morgan fingerprint density at radius 2 is 2.00 bits per heavy atom. The molecule has 1 aromatic carbocycles. The Labute approximate surface area is 116 Å². The molecule has 1 fully saturated rings. The molecule has 0 radical (unpaired) electrons. The van der Waals surface area contributed by atoms with Crippen LogP contribution in [0.15, 0.2) is 18.2 Å². The third-order valence-electron chi connectivity index (χ3n) is 2.98. The Balaban J connectivity index is 2.22. The van der Waals surface area contributed by atoms with E-state index in [1.54, 1.807) is 0 Å². The molecule has 0 aromatic heterocycles. The molecule has 2 rings (SSSR count). The molecule has 0 unspecified atom stereocenters. The van der Waals surface area contributed by atoms with Crippen molar-refractivity contribution in [2.24, 2.45) is 0 Å². The lowest BCUT2D eigenvalue weighted by Crippen LogP contribution is -2.39. The first-order valence-electron chi connectivity index (χ1n) is 5.55. The molecule has 1 aliphatic rings. The largest absolute Gasteiger partial charge is 0.416 e. The molecule has 18 heavy (non-hydrogen) atoms. The number of halogens is 4. The van der Waals surface area contributed by atoms with Crippen LogP contribution in [-0.4, -0.2) is 11.9 Å². The summed E-state index contributed by atoms with van der Waals surface area (Å²) in [4.78, 5) is 11.9. The zero-order valence-electron chi connectivity index (χ0n) is 9.35. The summed E-state index contributed by atoms with van der Waals surface area (Å²) < 4.78 is 38.2. The number of rotatable bonds is 2. The molecular formula is C12H11F3INO. The molecule has 0 spiro atoms. The minimum atomic E-state index is -4.42. The van der Waals surface area contributed by atoms with Gasteiger partial charge in [-0.15, -0.1) is 0 Å². The second kappa shape index (κ2) is 5.07. The number of amides is 1. The van der Waals surface area contributed by atoms with Gasteiger partial charge in [0, 0.05) is 9.61 Å². The average Bonchev–Trinajstić information content (AvgIpc) is 2.22. The van der Waals surface area contributed by atoms with E-state index in [0.717, 1.165) is 31.4 Å². The van der Waals surface area contributed by atoms with Gasteiger partial charge in [0.2, 0.25) is 0 Å². The Morgan fingerprint density at radius 3 is 2.50 bits per heavy atom. The lowest BCUT2D eigenvalue weighted by atomic mass is 9.93. The highest BCUT2D eigenvalue weighted by Gasteiger charge is 2.32. The van der Waals surface area contributed by atoms with Crippen molar-refractivity contribution >= 4 is 28.5 Å². The van der Waals surface area contributed by atoms with Gasteiger partial charge in [-0.25, -0.2) is 0 Å². The monoisotopic (exact) mass is 369 g/mol. The van der Waals surface area contributed by atoms with E-state index < -0.39 is 17.6 Å². The van der Waals surface area contributed by atoms with Gasteiger partial charge in [0.15, 0.2) is 0 Å². The van der Waals surface area contributed by atoms with Crippen molar-refractivity contribution in [2.45, 2.75) is 31.5 Å². The van der Waals surface area contributed by atoms with E-state index in [4.69, 9.17) is 0 Å². The molecule has 6 heteroatoms. The quantitative estimate of drug-likeness (QED) is 0.794. The molecule has 1 aromatic rings. The summed E-state index contributed by atoms with van der Waals surface area (Å²) in [7, 11) is 0. The molecule has 0 bridgehead atoms. The number of alkyl halides is 3. The Kier molecular flexibility index (Phi) is 3.84. The van der Waals surface area contributed by atoms with E-state index in [2.05, 4.69) is 5.32 Å². The second-order valence-electron chi connectivity index (χ2n) is 4.29. The number of carbonyl (C=O) groups is 1. The van der Waals surface area contributed by atoms with Gasteiger partial charge in [-0.1, -0.05) is 0 Å². The van der Waals surface area contributed by atoms with Crippen LogP contribution >= 0.6 is 22.6 Å². The van der Waals surface area contributed by atoms with Crippen LogP contribution < -0.4 is 5.32 Å². The van der Waals surface area contributed by atoms with E-state index >= 15 is 0 Å². The predicted octanol–water partition coefficient (Wildman–Crippen LogP) is 3.59. The fraction of sp³-hybridized carbons (Fsp3) is 0.417. The first kappa shape index (κ1) is 13.6. The first-order chi connectivity index (χ1) is 8.38. The van der Waals surface area contributed by atoms with Crippen molar-refractivity contribution in [2.75, 3.05) is 0 Å². The van der Waals surface area contributed by atoms with E-state index in [0.29, 0.717) is 3.57 Å². The number of hydrogen-bond donors (Lipinski definition) is 1. The van der Waals surface area contributed by atoms with Gasteiger partial charge >= 0.3 is 6.18 Å². The highest BCUT2D eigenvalue weighted by Crippen LogP contribution is 2.31. The summed E-state index contributed by atoms with van der Waals surface area (Å²) >= 11 is 1.87. The molecular weight excluding hydrogens is 358 g/mol. The van der Waals surface area contributed by atoms with Crippen molar-refractivity contribution in [1.29, 1.82) is 0 Å². The molecule has 0 heterocycles. The Morgan fingerprint density at radius 1 is 1.33 bits per heavy atom. The normalized spacial score (nSPS) is 16.2. The molecule has 1 amide bonds. The Bertz CT molecular complexity index is 469. The molecule has 1 aliphatic carbocycles. The molecule has 98 valence electrons. The van der Waals surface area contributed by atoms with Crippen molar-refractivity contribution < 1.29 is 18.0 Å². The van der Waals surface area contributed by atoms with Crippen LogP contribution in [0.4, 0.5) is 13.2 Å². The predicted molar refractivity (Wildman–Crippen MR) is 69.3 cm³/mol. The lowest BCUT2D eigenvalue weighted by molar-refractivity contribution is -0.137. The number of nitrogens with one attached hydrogen (secondary N) is 1. The van der Waals surface area contributed by atoms with Crippen LogP contribution in [0, 0.1) is 3.57 Å². The fourth-order valence-electron chi connectivity index (χ4n) is 1.69. The Hall–Kier alpha value is -0.790. The van der Waals surface area contributed by atoms with Crippen LogP contribution in [0.25, 0.3) is 0 Å². The van der Waals surface area contributed by atoms with Gasteiger partial charge in [0.05, 0.1) is 11.1 Å². The zero-order valence-corrected chi connectivity index (χ0v) is 11.5. The number of hydrogen-bond acceptors (Lipinski definition) is 1. The molecule has 1 saturated carbocycles. The van der Waals surface area contributed by atoms with Gasteiger partial charge in [-0.05, 0) is 60.1 Å². The highest BCUT2D eigenvalue weighted by molar-refractivity contribution is 14.1. The molecule has 0 aliphatic heterocycles. The SMILES string of the molecule is O=C(NC1CCC1)c1cc(C(F)(F)F)ccc1I. The lowest BCUT2D eigenvalue weighted by Gasteiger charge is -2.26. The topological polar surface area (TPSA) is 29.1 Å². The summed E-state index contributed by atoms with van der Waals surface area (Å²) in [5, 5.41) is 2.74. The standard InChI is InChI=1S/C12H11F3INO/c13-12(14,15)7-4-5-10(16)9(6-7)11(18)17-8-2-1-3-8/h4-6,8H,1-3H2,(H,17,18). The fourth-order valence-corrected chi connectivity index (χ4v) is 2.27. The van der Waals surface area contributed by atoms with Crippen LogP contribution in [0.3, 0.4) is 0 Å². The van der Waals surface area contributed by atoms with Gasteiger partial charge in [-0.3, -0.25) is 4.79 Å². The van der Waals surface area contributed by atoms with Gasteiger partial charge in [-0.2, -0.15) is 13.2 Å². The van der Waals surface area contributed by atoms with Gasteiger partial charge in [0.25, 0.3) is 5.91 Å². The third-order valence-corrected chi connectivity index (χ3v) is 3.92. The second-order valence-corrected chi connectivity index (χ2v) is 5.46. The third kappa shape index (κ3) is 2.96. The summed E-state index contributed by atoms with van der Waals surface area (Å²) in [5.41, 5.74) is -0.695. The molecule has 2 nitrogen and oxygen atoms in total. The van der Waals surface area contributed by atoms with Gasteiger partial charge in [0.1, 0.15) is 0 Å².